The topological polar surface area (TPSA) is 99.2 Å². The fourth-order valence-electron chi connectivity index (χ4n) is 3.16. The Labute approximate surface area is 155 Å². The Balaban J connectivity index is 0.00000192. The molecule has 0 saturated carbocycles. The third-order valence-corrected chi connectivity index (χ3v) is 4.01. The molecule has 0 aliphatic carbocycles. The second-order valence-corrected chi connectivity index (χ2v) is 6.63. The molecule has 8 nitrogen and oxygen atoms in total. The monoisotopic (exact) mass is 332 g/mol. The number of aliphatic carboxylic acids is 1. The summed E-state index contributed by atoms with van der Waals surface area (Å²) in [6.45, 7) is 6.66. The Morgan fingerprint density at radius 2 is 1.96 bits per heavy atom. The molecule has 0 aromatic heterocycles. The quantitative estimate of drug-likeness (QED) is 0.361. The van der Waals surface area contributed by atoms with Crippen molar-refractivity contribution in [2.75, 3.05) is 6.73 Å². The van der Waals surface area contributed by atoms with Crippen LogP contribution in [0.5, 0.6) is 0 Å². The maximum Gasteiger partial charge on any atom is 1.00 e. The van der Waals surface area contributed by atoms with Crippen molar-refractivity contribution in [3.63, 3.8) is 0 Å². The zero-order valence-corrected chi connectivity index (χ0v) is 15.8. The molecular weight excluding hydrogens is 315 g/mol. The summed E-state index contributed by atoms with van der Waals surface area (Å²) in [5.74, 6) is -1.86. The van der Waals surface area contributed by atoms with Gasteiger partial charge in [-0.2, -0.15) is 0 Å². The molecule has 2 saturated heterocycles. The van der Waals surface area contributed by atoms with Crippen LogP contribution in [0.25, 0.3) is 0 Å². The van der Waals surface area contributed by atoms with Gasteiger partial charge in [0, 0.05) is 0 Å². The normalized spacial score (nSPS) is 28.9. The molecule has 0 aromatic rings. The van der Waals surface area contributed by atoms with E-state index in [-0.39, 0.29) is 42.0 Å². The van der Waals surface area contributed by atoms with Crippen molar-refractivity contribution in [2.24, 2.45) is 0 Å². The second kappa shape index (κ2) is 5.77. The second-order valence-electron chi connectivity index (χ2n) is 6.63. The molecule has 9 heteroatoms. The van der Waals surface area contributed by atoms with E-state index in [9.17, 15) is 19.5 Å². The van der Waals surface area contributed by atoms with Gasteiger partial charge in [0.05, 0.1) is 17.7 Å². The van der Waals surface area contributed by atoms with Crippen molar-refractivity contribution < 1.29 is 58.5 Å². The number of carbonyl (C=O) groups excluding carboxylic acids is 3. The maximum absolute atomic E-state index is 12.3. The van der Waals surface area contributed by atoms with E-state index in [0.29, 0.717) is 5.57 Å². The van der Waals surface area contributed by atoms with Gasteiger partial charge in [-0.25, -0.2) is 4.79 Å². The molecule has 0 radical (unpaired) electrons. The van der Waals surface area contributed by atoms with Crippen molar-refractivity contribution in [3.8, 4) is 0 Å². The minimum atomic E-state index is -1.41. The number of nitrogens with zero attached hydrogens (tertiary/aromatic N) is 2. The van der Waals surface area contributed by atoms with Gasteiger partial charge in [0.1, 0.15) is 24.5 Å². The van der Waals surface area contributed by atoms with Crippen molar-refractivity contribution in [3.05, 3.63) is 11.3 Å². The molecule has 23 heavy (non-hydrogen) atoms. The molecular formula is C14H17N2NaO6. The Morgan fingerprint density at radius 1 is 1.35 bits per heavy atom. The first-order valence-electron chi connectivity index (χ1n) is 7.00. The van der Waals surface area contributed by atoms with Crippen LogP contribution in [0.15, 0.2) is 11.3 Å². The summed E-state index contributed by atoms with van der Waals surface area (Å²) in [5, 5.41) is 11.2. The minimum Gasteiger partial charge on any atom is -0.543 e. The summed E-state index contributed by atoms with van der Waals surface area (Å²) < 4.78 is 10.8. The Kier molecular flexibility index (Phi) is 4.58. The van der Waals surface area contributed by atoms with Crippen molar-refractivity contribution in [1.29, 1.82) is 0 Å². The van der Waals surface area contributed by atoms with Crippen LogP contribution >= 0.6 is 0 Å². The van der Waals surface area contributed by atoms with E-state index in [1.54, 1.807) is 27.7 Å². The van der Waals surface area contributed by atoms with Gasteiger partial charge in [0.15, 0.2) is 0 Å². The number of carbonyl (C=O) groups is 3. The van der Waals surface area contributed by atoms with Crippen LogP contribution in [0.4, 0.5) is 4.79 Å². The summed E-state index contributed by atoms with van der Waals surface area (Å²) in [7, 11) is 0. The van der Waals surface area contributed by atoms with Crippen molar-refractivity contribution >= 4 is 18.0 Å². The molecule has 3 rings (SSSR count). The number of rotatable bonds is 1. The molecule has 0 aromatic carbocycles. The molecule has 1 unspecified atom stereocenters. The molecule has 3 aliphatic heterocycles. The first-order chi connectivity index (χ1) is 10.1. The maximum atomic E-state index is 12.3. The average Bonchev–Trinajstić information content (AvgIpc) is 2.67. The standard InChI is InChI=1S/C14H18N2O6.Na/c1-6-7(12(18)19)16-8-9(11(16)17)15(5-21-10(6)8)13(20)22-14(2,3)4;/h8-10H,5H2,1-4H3,(H,18,19);/q;+1/p-1/t8-,9+,10?;/m1./s1. The van der Waals surface area contributed by atoms with Crippen LogP contribution in [0.1, 0.15) is 27.7 Å². The molecule has 3 atom stereocenters. The number of carboxylic acid groups (broad SMARTS) is 1. The Morgan fingerprint density at radius 3 is 2.48 bits per heavy atom. The van der Waals surface area contributed by atoms with E-state index in [1.165, 1.54) is 4.90 Å². The summed E-state index contributed by atoms with van der Waals surface area (Å²) in [6.07, 6.45) is -1.17. The smallest absolute Gasteiger partial charge is 0.543 e. The van der Waals surface area contributed by atoms with Crippen LogP contribution in [-0.2, 0) is 19.1 Å². The van der Waals surface area contributed by atoms with Gasteiger partial charge in [-0.3, -0.25) is 9.69 Å². The number of carboxylic acids is 1. The van der Waals surface area contributed by atoms with Crippen LogP contribution < -0.4 is 34.7 Å². The SMILES string of the molecule is CC1=C(C(=O)[O-])N2C(=O)[C@@H]3[C@@H]2C1OCN3C(=O)OC(C)(C)C.[Na+]. The molecule has 2 fully saturated rings. The Bertz CT molecular complexity index is 611. The van der Waals surface area contributed by atoms with Gasteiger partial charge >= 0.3 is 35.7 Å². The first-order valence-corrected chi connectivity index (χ1v) is 7.00. The summed E-state index contributed by atoms with van der Waals surface area (Å²) in [5.41, 5.74) is -0.396. The van der Waals surface area contributed by atoms with Gasteiger partial charge in [-0.05, 0) is 33.3 Å². The van der Waals surface area contributed by atoms with Crippen LogP contribution in [0, 0.1) is 0 Å². The number of amides is 2. The molecule has 3 heterocycles. The summed E-state index contributed by atoms with van der Waals surface area (Å²) in [4.78, 5) is 38.1. The number of hydrogen-bond donors (Lipinski definition) is 0. The van der Waals surface area contributed by atoms with E-state index in [0.717, 1.165) is 4.90 Å². The molecule has 0 spiro atoms. The van der Waals surface area contributed by atoms with Gasteiger partial charge in [0.2, 0.25) is 0 Å². The Hall–Kier alpha value is -1.09. The fourth-order valence-corrected chi connectivity index (χ4v) is 3.16. The largest absolute Gasteiger partial charge is 1.00 e. The molecule has 0 bridgehead atoms. The molecule has 0 N–H and O–H groups in total. The van der Waals surface area contributed by atoms with E-state index in [4.69, 9.17) is 9.47 Å². The van der Waals surface area contributed by atoms with Crippen LogP contribution in [-0.4, -0.2) is 58.3 Å². The minimum absolute atomic E-state index is 0. The van der Waals surface area contributed by atoms with E-state index in [1.807, 2.05) is 0 Å². The summed E-state index contributed by atoms with van der Waals surface area (Å²) >= 11 is 0. The first kappa shape index (κ1) is 18.3. The molecule has 120 valence electrons. The fraction of sp³-hybridized carbons (Fsp3) is 0.643. The molecule has 2 amide bonds. The van der Waals surface area contributed by atoms with E-state index in [2.05, 4.69) is 0 Å². The van der Waals surface area contributed by atoms with E-state index < -0.39 is 41.8 Å². The van der Waals surface area contributed by atoms with Gasteiger partial charge in [0.25, 0.3) is 5.91 Å². The van der Waals surface area contributed by atoms with Gasteiger partial charge in [-0.1, -0.05) is 0 Å². The number of β-lactam (4-membered cyclic amide) rings is 1. The third kappa shape index (κ3) is 2.67. The number of ether oxygens (including phenoxy) is 2. The molecule has 3 aliphatic rings. The van der Waals surface area contributed by atoms with Crippen LogP contribution in [0.3, 0.4) is 0 Å². The predicted molar refractivity (Wildman–Crippen MR) is 69.9 cm³/mol. The predicted octanol–water partition coefficient (Wildman–Crippen LogP) is -3.80. The zero-order chi connectivity index (χ0) is 16.4. The number of hydrogen-bond acceptors (Lipinski definition) is 6. The summed E-state index contributed by atoms with van der Waals surface area (Å²) in [6, 6.07) is -1.26. The van der Waals surface area contributed by atoms with Crippen molar-refractivity contribution in [2.45, 2.75) is 51.5 Å². The third-order valence-electron chi connectivity index (χ3n) is 4.01. The van der Waals surface area contributed by atoms with Gasteiger partial charge < -0.3 is 24.3 Å². The van der Waals surface area contributed by atoms with Gasteiger partial charge in [-0.15, -0.1) is 0 Å². The van der Waals surface area contributed by atoms with Crippen molar-refractivity contribution in [1.82, 2.24) is 9.80 Å². The van der Waals surface area contributed by atoms with E-state index >= 15 is 0 Å². The zero-order valence-electron chi connectivity index (χ0n) is 13.8. The van der Waals surface area contributed by atoms with Crippen LogP contribution in [0.2, 0.25) is 0 Å². The average molecular weight is 332 g/mol.